The Labute approximate surface area is 142 Å². The molecule has 4 nitrogen and oxygen atoms in total. The van der Waals surface area contributed by atoms with Gasteiger partial charge in [0.05, 0.1) is 13.2 Å². The highest BCUT2D eigenvalue weighted by molar-refractivity contribution is 8.00. The van der Waals surface area contributed by atoms with Crippen molar-refractivity contribution < 1.29 is 9.13 Å². The molecule has 128 valence electrons. The summed E-state index contributed by atoms with van der Waals surface area (Å²) in [6, 6.07) is 5.07. The van der Waals surface area contributed by atoms with Crippen LogP contribution >= 0.6 is 11.8 Å². The molecule has 1 saturated heterocycles. The lowest BCUT2D eigenvalue weighted by Gasteiger charge is -2.14. The van der Waals surface area contributed by atoms with Gasteiger partial charge >= 0.3 is 0 Å². The first kappa shape index (κ1) is 18.1. The highest BCUT2D eigenvalue weighted by atomic mass is 32.2. The van der Waals surface area contributed by atoms with Gasteiger partial charge in [-0.3, -0.25) is 0 Å². The predicted octanol–water partition coefficient (Wildman–Crippen LogP) is 2.92. The van der Waals surface area contributed by atoms with Gasteiger partial charge in [0.2, 0.25) is 0 Å². The number of halogens is 1. The monoisotopic (exact) mass is 339 g/mol. The van der Waals surface area contributed by atoms with Crippen molar-refractivity contribution in [1.82, 2.24) is 10.6 Å². The zero-order valence-electron chi connectivity index (χ0n) is 13.9. The number of rotatable bonds is 7. The van der Waals surface area contributed by atoms with E-state index in [0.29, 0.717) is 17.4 Å². The maximum absolute atomic E-state index is 13.6. The first-order chi connectivity index (χ1) is 11.2. The summed E-state index contributed by atoms with van der Waals surface area (Å²) in [7, 11) is 1.57. The third-order valence-electron chi connectivity index (χ3n) is 3.70. The molecule has 1 aromatic carbocycles. The Kier molecular flexibility index (Phi) is 7.68. The Morgan fingerprint density at radius 2 is 2.30 bits per heavy atom. The van der Waals surface area contributed by atoms with Crippen LogP contribution < -0.4 is 10.6 Å². The first-order valence-corrected chi connectivity index (χ1v) is 9.17. The third-order valence-corrected chi connectivity index (χ3v) is 5.09. The molecule has 0 saturated carbocycles. The number of methoxy groups -OCH3 is 1. The molecule has 1 aliphatic rings. The van der Waals surface area contributed by atoms with E-state index in [9.17, 15) is 4.39 Å². The van der Waals surface area contributed by atoms with E-state index in [1.165, 1.54) is 24.7 Å². The maximum atomic E-state index is 13.6. The van der Waals surface area contributed by atoms with Crippen LogP contribution in [0, 0.1) is 5.82 Å². The van der Waals surface area contributed by atoms with E-state index < -0.39 is 0 Å². The lowest BCUT2D eigenvalue weighted by molar-refractivity contribution is 0.181. The summed E-state index contributed by atoms with van der Waals surface area (Å²) < 4.78 is 18.6. The summed E-state index contributed by atoms with van der Waals surface area (Å²) in [6.45, 7) is 4.61. The Bertz CT molecular complexity index is 519. The molecule has 0 amide bonds. The second-order valence-corrected chi connectivity index (χ2v) is 6.98. The number of thioether (sulfide) groups is 1. The van der Waals surface area contributed by atoms with E-state index in [2.05, 4.69) is 22.5 Å². The molecule has 1 aliphatic heterocycles. The Hall–Kier alpha value is -1.27. The van der Waals surface area contributed by atoms with Crippen LogP contribution in [0.15, 0.2) is 23.2 Å². The van der Waals surface area contributed by atoms with Crippen LogP contribution in [0.25, 0.3) is 0 Å². The zero-order chi connectivity index (χ0) is 16.5. The van der Waals surface area contributed by atoms with E-state index in [-0.39, 0.29) is 12.4 Å². The Balaban J connectivity index is 1.94. The van der Waals surface area contributed by atoms with Gasteiger partial charge in [0.15, 0.2) is 5.96 Å². The highest BCUT2D eigenvalue weighted by Gasteiger charge is 2.15. The van der Waals surface area contributed by atoms with E-state index in [0.717, 1.165) is 24.6 Å². The molecule has 6 heteroatoms. The van der Waals surface area contributed by atoms with Crippen molar-refractivity contribution in [3.05, 3.63) is 35.1 Å². The van der Waals surface area contributed by atoms with Crippen molar-refractivity contribution in [2.45, 2.75) is 38.2 Å². The molecule has 0 spiro atoms. The summed E-state index contributed by atoms with van der Waals surface area (Å²) in [6.07, 6.45) is 2.58. The average Bonchev–Trinajstić information content (AvgIpc) is 3.06. The molecule has 2 rings (SSSR count). The van der Waals surface area contributed by atoms with Gasteiger partial charge in [-0.2, -0.15) is 11.8 Å². The van der Waals surface area contributed by atoms with Crippen LogP contribution in [0.3, 0.4) is 0 Å². The third kappa shape index (κ3) is 6.03. The largest absolute Gasteiger partial charge is 0.380 e. The van der Waals surface area contributed by atoms with Gasteiger partial charge in [-0.25, -0.2) is 9.38 Å². The molecule has 2 N–H and O–H groups in total. The van der Waals surface area contributed by atoms with E-state index in [1.807, 2.05) is 17.8 Å². The van der Waals surface area contributed by atoms with Gasteiger partial charge in [0.25, 0.3) is 0 Å². The van der Waals surface area contributed by atoms with Crippen LogP contribution in [-0.2, 0) is 17.9 Å². The number of aliphatic imine (C=N–C) groups is 1. The standard InChI is InChI=1S/C17H26FN3OS/c1-3-19-17(21-11-15-5-4-8-23-15)20-10-13-6-7-16(18)14(9-13)12-22-2/h6-7,9,15H,3-5,8,10-12H2,1-2H3,(H2,19,20,21). The molecule has 1 aromatic rings. The van der Waals surface area contributed by atoms with Gasteiger partial charge in [-0.15, -0.1) is 0 Å². The molecule has 1 heterocycles. The average molecular weight is 339 g/mol. The molecular weight excluding hydrogens is 313 g/mol. The lowest BCUT2D eigenvalue weighted by Crippen LogP contribution is -2.40. The molecule has 0 bridgehead atoms. The van der Waals surface area contributed by atoms with Gasteiger partial charge in [0, 0.05) is 31.0 Å². The zero-order valence-corrected chi connectivity index (χ0v) is 14.7. The van der Waals surface area contributed by atoms with E-state index in [1.54, 1.807) is 13.2 Å². The molecule has 1 unspecified atom stereocenters. The van der Waals surface area contributed by atoms with Crippen LogP contribution in [0.2, 0.25) is 0 Å². The normalized spacial score (nSPS) is 18.2. The van der Waals surface area contributed by atoms with E-state index >= 15 is 0 Å². The second kappa shape index (κ2) is 9.78. The minimum absolute atomic E-state index is 0.233. The molecule has 0 aliphatic carbocycles. The number of nitrogens with zero attached hydrogens (tertiary/aromatic N) is 1. The molecule has 0 aromatic heterocycles. The number of nitrogens with one attached hydrogen (secondary N) is 2. The fourth-order valence-corrected chi connectivity index (χ4v) is 3.72. The molecule has 1 atom stereocenters. The van der Waals surface area contributed by atoms with Crippen molar-refractivity contribution in [3.8, 4) is 0 Å². The van der Waals surface area contributed by atoms with Gasteiger partial charge in [-0.1, -0.05) is 6.07 Å². The maximum Gasteiger partial charge on any atom is 0.191 e. The smallest absolute Gasteiger partial charge is 0.191 e. The Morgan fingerprint density at radius 1 is 1.43 bits per heavy atom. The SMILES string of the molecule is CCNC(=NCc1ccc(F)c(COC)c1)NCC1CCCS1. The number of ether oxygens (including phenoxy) is 1. The first-order valence-electron chi connectivity index (χ1n) is 8.13. The molecule has 23 heavy (non-hydrogen) atoms. The van der Waals surface area contributed by atoms with Crippen LogP contribution in [0.5, 0.6) is 0 Å². The van der Waals surface area contributed by atoms with Crippen molar-refractivity contribution in [2.24, 2.45) is 4.99 Å². The quantitative estimate of drug-likeness (QED) is 0.592. The van der Waals surface area contributed by atoms with Gasteiger partial charge < -0.3 is 15.4 Å². The highest BCUT2D eigenvalue weighted by Crippen LogP contribution is 2.25. The van der Waals surface area contributed by atoms with Crippen molar-refractivity contribution >= 4 is 17.7 Å². The number of benzene rings is 1. The fourth-order valence-electron chi connectivity index (χ4n) is 2.52. The molecule has 0 radical (unpaired) electrons. The molecular formula is C17H26FN3OS. The minimum Gasteiger partial charge on any atom is -0.380 e. The summed E-state index contributed by atoms with van der Waals surface area (Å²) in [5, 5.41) is 7.34. The summed E-state index contributed by atoms with van der Waals surface area (Å²) in [4.78, 5) is 4.60. The summed E-state index contributed by atoms with van der Waals surface area (Å²) in [5.41, 5.74) is 1.55. The topological polar surface area (TPSA) is 45.7 Å². The van der Waals surface area contributed by atoms with Gasteiger partial charge in [-0.05, 0) is 43.2 Å². The van der Waals surface area contributed by atoms with Crippen LogP contribution in [0.1, 0.15) is 30.9 Å². The van der Waals surface area contributed by atoms with Crippen LogP contribution in [-0.4, -0.2) is 37.2 Å². The number of guanidine groups is 1. The predicted molar refractivity (Wildman–Crippen MR) is 95.4 cm³/mol. The number of hydrogen-bond acceptors (Lipinski definition) is 3. The fraction of sp³-hybridized carbons (Fsp3) is 0.588. The number of hydrogen-bond donors (Lipinski definition) is 2. The Morgan fingerprint density at radius 3 is 3.00 bits per heavy atom. The van der Waals surface area contributed by atoms with Crippen molar-refractivity contribution in [3.63, 3.8) is 0 Å². The molecule has 1 fully saturated rings. The summed E-state index contributed by atoms with van der Waals surface area (Å²) >= 11 is 2.03. The summed E-state index contributed by atoms with van der Waals surface area (Å²) in [5.74, 6) is 1.85. The van der Waals surface area contributed by atoms with Crippen LogP contribution in [0.4, 0.5) is 4.39 Å². The second-order valence-electron chi connectivity index (χ2n) is 5.57. The lowest BCUT2D eigenvalue weighted by atomic mass is 10.1. The van der Waals surface area contributed by atoms with Crippen molar-refractivity contribution in [1.29, 1.82) is 0 Å². The van der Waals surface area contributed by atoms with Gasteiger partial charge in [0.1, 0.15) is 5.82 Å². The minimum atomic E-state index is -0.233. The van der Waals surface area contributed by atoms with E-state index in [4.69, 9.17) is 4.74 Å². The van der Waals surface area contributed by atoms with Crippen molar-refractivity contribution in [2.75, 3.05) is 26.0 Å².